The van der Waals surface area contributed by atoms with Crippen molar-refractivity contribution < 1.29 is 13.2 Å². The molecule has 1 heterocycles. The Hall–Kier alpha value is -1.02. The van der Waals surface area contributed by atoms with Gasteiger partial charge in [-0.3, -0.25) is 9.89 Å². The second-order valence-corrected chi connectivity index (χ2v) is 6.40. The molecule has 2 N–H and O–H groups in total. The van der Waals surface area contributed by atoms with Crippen LogP contribution in [0.25, 0.3) is 0 Å². The molecular formula is C15H30F3N5. The number of guanidine groups is 1. The fourth-order valence-electron chi connectivity index (χ4n) is 2.68. The quantitative estimate of drug-likeness (QED) is 0.568. The lowest BCUT2D eigenvalue weighted by Gasteiger charge is -2.40. The number of likely N-dealkylation sites (N-methyl/N-ethyl adjacent to an activating group) is 1. The highest BCUT2D eigenvalue weighted by molar-refractivity contribution is 5.79. The van der Waals surface area contributed by atoms with Gasteiger partial charge in [-0.25, -0.2) is 0 Å². The summed E-state index contributed by atoms with van der Waals surface area (Å²) in [6.45, 7) is 8.97. The van der Waals surface area contributed by atoms with Crippen LogP contribution in [0, 0.1) is 5.92 Å². The van der Waals surface area contributed by atoms with Crippen molar-refractivity contribution in [2.24, 2.45) is 10.9 Å². The lowest BCUT2D eigenvalue weighted by atomic mass is 10.0. The van der Waals surface area contributed by atoms with Crippen LogP contribution in [-0.2, 0) is 0 Å². The zero-order valence-electron chi connectivity index (χ0n) is 14.6. The molecule has 0 spiro atoms. The number of aliphatic imine (C=N–C) groups is 1. The summed E-state index contributed by atoms with van der Waals surface area (Å²) in [6, 6.07) is 0.338. The van der Waals surface area contributed by atoms with Gasteiger partial charge in [-0.1, -0.05) is 13.8 Å². The summed E-state index contributed by atoms with van der Waals surface area (Å²) in [5.74, 6) is 0.883. The zero-order valence-corrected chi connectivity index (χ0v) is 14.6. The molecule has 0 aromatic heterocycles. The summed E-state index contributed by atoms with van der Waals surface area (Å²) >= 11 is 0. The van der Waals surface area contributed by atoms with E-state index >= 15 is 0 Å². The highest BCUT2D eigenvalue weighted by Gasteiger charge is 2.27. The fraction of sp³-hybridized carbons (Fsp3) is 0.933. The van der Waals surface area contributed by atoms with E-state index in [-0.39, 0.29) is 6.54 Å². The van der Waals surface area contributed by atoms with Gasteiger partial charge in [-0.2, -0.15) is 13.2 Å². The van der Waals surface area contributed by atoms with Crippen molar-refractivity contribution in [1.82, 2.24) is 20.4 Å². The maximum absolute atomic E-state index is 12.2. The maximum atomic E-state index is 12.2. The molecule has 5 nitrogen and oxygen atoms in total. The van der Waals surface area contributed by atoms with Gasteiger partial charge in [0.05, 0.1) is 6.42 Å². The van der Waals surface area contributed by atoms with Crippen LogP contribution in [0.2, 0.25) is 0 Å². The second kappa shape index (κ2) is 9.32. The van der Waals surface area contributed by atoms with E-state index in [2.05, 4.69) is 46.3 Å². The van der Waals surface area contributed by atoms with Crippen molar-refractivity contribution >= 4 is 5.96 Å². The first-order chi connectivity index (χ1) is 10.7. The average Bonchev–Trinajstić information content (AvgIpc) is 2.45. The second-order valence-electron chi connectivity index (χ2n) is 6.40. The summed E-state index contributed by atoms with van der Waals surface area (Å²) in [5.41, 5.74) is 0. The predicted octanol–water partition coefficient (Wildman–Crippen LogP) is 1.38. The molecule has 0 bridgehead atoms. The molecule has 0 saturated carbocycles. The third kappa shape index (κ3) is 7.87. The van der Waals surface area contributed by atoms with Crippen molar-refractivity contribution in [3.05, 3.63) is 0 Å². The predicted molar refractivity (Wildman–Crippen MR) is 87.7 cm³/mol. The molecule has 1 saturated heterocycles. The van der Waals surface area contributed by atoms with Crippen LogP contribution in [0.5, 0.6) is 0 Å². The van der Waals surface area contributed by atoms with E-state index in [0.29, 0.717) is 24.5 Å². The van der Waals surface area contributed by atoms with Crippen molar-refractivity contribution in [3.63, 3.8) is 0 Å². The Balaban J connectivity index is 2.43. The molecule has 0 radical (unpaired) electrons. The summed E-state index contributed by atoms with van der Waals surface area (Å²) in [6.07, 6.45) is -5.01. The Morgan fingerprint density at radius 1 is 1.13 bits per heavy atom. The van der Waals surface area contributed by atoms with Gasteiger partial charge < -0.3 is 15.5 Å². The molecule has 1 aliphatic rings. The van der Waals surface area contributed by atoms with Crippen molar-refractivity contribution in [2.75, 3.05) is 53.4 Å². The number of hydrogen-bond donors (Lipinski definition) is 2. The highest BCUT2D eigenvalue weighted by Crippen LogP contribution is 2.18. The molecule has 8 heteroatoms. The number of alkyl halides is 3. The van der Waals surface area contributed by atoms with Crippen LogP contribution in [0.3, 0.4) is 0 Å². The van der Waals surface area contributed by atoms with Crippen LogP contribution >= 0.6 is 0 Å². The number of halogens is 3. The van der Waals surface area contributed by atoms with Gasteiger partial charge >= 0.3 is 6.18 Å². The van der Waals surface area contributed by atoms with Crippen LogP contribution in [0.1, 0.15) is 20.3 Å². The molecule has 1 atom stereocenters. The van der Waals surface area contributed by atoms with Crippen molar-refractivity contribution in [3.8, 4) is 0 Å². The molecule has 0 amide bonds. The standard InChI is InChI=1S/C15H30F3N5/c1-12(2)13(23-9-7-22(4)8-10-23)11-21-14(19-3)20-6-5-15(16,17)18/h12-13H,5-11H2,1-4H3,(H2,19,20,21). The van der Waals surface area contributed by atoms with E-state index in [0.717, 1.165) is 26.2 Å². The molecule has 1 rings (SSSR count). The Morgan fingerprint density at radius 3 is 2.22 bits per heavy atom. The smallest absolute Gasteiger partial charge is 0.356 e. The van der Waals surface area contributed by atoms with E-state index in [1.165, 1.54) is 0 Å². The topological polar surface area (TPSA) is 42.9 Å². The Labute approximate surface area is 137 Å². The van der Waals surface area contributed by atoms with Gasteiger partial charge in [0.15, 0.2) is 5.96 Å². The lowest BCUT2D eigenvalue weighted by molar-refractivity contribution is -0.132. The summed E-state index contributed by atoms with van der Waals surface area (Å²) in [4.78, 5) is 8.75. The molecular weight excluding hydrogens is 307 g/mol. The van der Waals surface area contributed by atoms with E-state index < -0.39 is 12.6 Å². The zero-order chi connectivity index (χ0) is 17.5. The lowest BCUT2D eigenvalue weighted by Crippen LogP contribution is -2.55. The van der Waals surface area contributed by atoms with Gasteiger partial charge in [0, 0.05) is 52.4 Å². The van der Waals surface area contributed by atoms with Gasteiger partial charge in [0.1, 0.15) is 0 Å². The van der Waals surface area contributed by atoms with Gasteiger partial charge in [-0.05, 0) is 13.0 Å². The molecule has 1 fully saturated rings. The fourth-order valence-corrected chi connectivity index (χ4v) is 2.68. The summed E-state index contributed by atoms with van der Waals surface area (Å²) in [5, 5.41) is 5.88. The number of nitrogens with zero attached hydrogens (tertiary/aromatic N) is 3. The normalized spacial score (nSPS) is 19.9. The molecule has 1 aliphatic heterocycles. The van der Waals surface area contributed by atoms with E-state index in [4.69, 9.17) is 0 Å². The summed E-state index contributed by atoms with van der Waals surface area (Å²) < 4.78 is 36.6. The van der Waals surface area contributed by atoms with Gasteiger partial charge in [0.25, 0.3) is 0 Å². The minimum Gasteiger partial charge on any atom is -0.356 e. The van der Waals surface area contributed by atoms with Crippen molar-refractivity contribution in [2.45, 2.75) is 32.5 Å². The molecule has 1 unspecified atom stereocenters. The van der Waals surface area contributed by atoms with Gasteiger partial charge in [0.2, 0.25) is 0 Å². The van der Waals surface area contributed by atoms with E-state index in [1.54, 1.807) is 7.05 Å². The highest BCUT2D eigenvalue weighted by atomic mass is 19.4. The largest absolute Gasteiger partial charge is 0.390 e. The average molecular weight is 337 g/mol. The Morgan fingerprint density at radius 2 is 1.74 bits per heavy atom. The first-order valence-corrected chi connectivity index (χ1v) is 8.17. The SMILES string of the molecule is CN=C(NCCC(F)(F)F)NCC(C(C)C)N1CCN(C)CC1. The summed E-state index contributed by atoms with van der Waals surface area (Å²) in [7, 11) is 3.69. The third-order valence-electron chi connectivity index (χ3n) is 4.18. The third-order valence-corrected chi connectivity index (χ3v) is 4.18. The number of piperazine rings is 1. The molecule has 136 valence electrons. The molecule has 0 aromatic carbocycles. The van der Waals surface area contributed by atoms with E-state index in [9.17, 15) is 13.2 Å². The monoisotopic (exact) mass is 337 g/mol. The molecule has 0 aromatic rings. The van der Waals surface area contributed by atoms with Crippen LogP contribution in [0.15, 0.2) is 4.99 Å². The first kappa shape index (κ1) is 20.0. The first-order valence-electron chi connectivity index (χ1n) is 8.17. The number of hydrogen-bond acceptors (Lipinski definition) is 3. The Kier molecular flexibility index (Phi) is 8.11. The molecule has 23 heavy (non-hydrogen) atoms. The van der Waals surface area contributed by atoms with E-state index in [1.807, 2.05) is 0 Å². The van der Waals surface area contributed by atoms with Gasteiger partial charge in [-0.15, -0.1) is 0 Å². The Bertz CT molecular complexity index is 363. The minimum absolute atomic E-state index is 0.163. The maximum Gasteiger partial charge on any atom is 0.390 e. The minimum atomic E-state index is -4.15. The van der Waals surface area contributed by atoms with Crippen LogP contribution in [-0.4, -0.2) is 81.3 Å². The van der Waals surface area contributed by atoms with Crippen LogP contribution < -0.4 is 10.6 Å². The van der Waals surface area contributed by atoms with Crippen LogP contribution in [0.4, 0.5) is 13.2 Å². The molecule has 0 aliphatic carbocycles. The number of nitrogens with one attached hydrogen (secondary N) is 2. The van der Waals surface area contributed by atoms with Crippen molar-refractivity contribution in [1.29, 1.82) is 0 Å². The number of rotatable bonds is 6.